The molecular weight excluding hydrogens is 352 g/mol. The van der Waals surface area contributed by atoms with Gasteiger partial charge < -0.3 is 15.5 Å². The van der Waals surface area contributed by atoms with Gasteiger partial charge >= 0.3 is 0 Å². The van der Waals surface area contributed by atoms with Gasteiger partial charge in [0, 0.05) is 46.0 Å². The molecule has 0 bridgehead atoms. The van der Waals surface area contributed by atoms with Crippen molar-refractivity contribution in [3.63, 3.8) is 0 Å². The van der Waals surface area contributed by atoms with Gasteiger partial charge in [-0.25, -0.2) is 0 Å². The number of benzene rings is 1. The minimum atomic E-state index is -0.0465. The van der Waals surface area contributed by atoms with Gasteiger partial charge in [-0.15, -0.1) is 0 Å². The number of aryl methyl sites for hydroxylation is 1. The van der Waals surface area contributed by atoms with Crippen molar-refractivity contribution in [1.82, 2.24) is 25.3 Å². The van der Waals surface area contributed by atoms with E-state index in [0.717, 1.165) is 17.7 Å². The van der Waals surface area contributed by atoms with Crippen molar-refractivity contribution in [1.29, 1.82) is 0 Å². The lowest BCUT2D eigenvalue weighted by Gasteiger charge is -2.22. The molecule has 2 aromatic rings. The average molecular weight is 385 g/mol. The molecule has 0 fully saturated rings. The first kappa shape index (κ1) is 21.5. The van der Waals surface area contributed by atoms with Crippen molar-refractivity contribution in [3.8, 4) is 0 Å². The molecule has 2 N–H and O–H groups in total. The number of carbonyl (C=O) groups excluding carboxylic acids is 1. The Morgan fingerprint density at radius 3 is 2.61 bits per heavy atom. The fraction of sp³-hybridized carbons (Fsp3) is 0.476. The number of carbonyl (C=O) groups is 1. The Bertz CT molecular complexity index is 781. The molecule has 0 atom stereocenters. The van der Waals surface area contributed by atoms with Crippen molar-refractivity contribution >= 4 is 11.9 Å². The van der Waals surface area contributed by atoms with E-state index in [1.165, 1.54) is 5.56 Å². The van der Waals surface area contributed by atoms with Gasteiger partial charge in [-0.3, -0.25) is 14.5 Å². The Morgan fingerprint density at radius 1 is 1.25 bits per heavy atom. The molecule has 0 aliphatic heterocycles. The highest BCUT2D eigenvalue weighted by Crippen LogP contribution is 2.18. The van der Waals surface area contributed by atoms with Gasteiger partial charge in [0.2, 0.25) is 5.91 Å². The van der Waals surface area contributed by atoms with E-state index < -0.39 is 0 Å². The van der Waals surface area contributed by atoms with Crippen LogP contribution >= 0.6 is 0 Å². The predicted molar refractivity (Wildman–Crippen MR) is 113 cm³/mol. The molecular formula is C21H32N6O. The summed E-state index contributed by atoms with van der Waals surface area (Å²) in [4.78, 5) is 18.4. The Balaban J connectivity index is 1.80. The smallest absolute Gasteiger partial charge is 0.239 e. The highest BCUT2D eigenvalue weighted by molar-refractivity contribution is 5.86. The highest BCUT2D eigenvalue weighted by atomic mass is 16.1. The quantitative estimate of drug-likeness (QED) is 0.539. The lowest BCUT2D eigenvalue weighted by Crippen LogP contribution is -2.44. The molecule has 1 aromatic heterocycles. The van der Waals surface area contributed by atoms with Crippen molar-refractivity contribution in [2.75, 3.05) is 27.2 Å². The van der Waals surface area contributed by atoms with Gasteiger partial charge in [-0.05, 0) is 17.9 Å². The Kier molecular flexibility index (Phi) is 8.04. The number of amides is 1. The second-order valence-electron chi connectivity index (χ2n) is 7.21. The monoisotopic (exact) mass is 384 g/mol. The van der Waals surface area contributed by atoms with E-state index in [4.69, 9.17) is 0 Å². The zero-order valence-electron chi connectivity index (χ0n) is 17.6. The molecule has 28 heavy (non-hydrogen) atoms. The summed E-state index contributed by atoms with van der Waals surface area (Å²) in [6.45, 7) is 5.76. The molecule has 1 aromatic carbocycles. The van der Waals surface area contributed by atoms with E-state index in [9.17, 15) is 4.79 Å². The molecule has 7 heteroatoms. The Labute approximate surface area is 167 Å². The van der Waals surface area contributed by atoms with Crippen LogP contribution in [-0.4, -0.2) is 53.7 Å². The maximum atomic E-state index is 12.1. The van der Waals surface area contributed by atoms with Crippen LogP contribution in [0, 0.1) is 0 Å². The third-order valence-corrected chi connectivity index (χ3v) is 4.45. The molecule has 0 saturated heterocycles. The zero-order chi connectivity index (χ0) is 20.5. The fourth-order valence-corrected chi connectivity index (χ4v) is 3.09. The van der Waals surface area contributed by atoms with E-state index in [-0.39, 0.29) is 12.5 Å². The summed E-state index contributed by atoms with van der Waals surface area (Å²) in [6, 6.07) is 10.1. The summed E-state index contributed by atoms with van der Waals surface area (Å²) >= 11 is 0. The first-order valence-electron chi connectivity index (χ1n) is 9.65. The van der Waals surface area contributed by atoms with E-state index in [1.807, 2.05) is 48.1 Å². The number of aromatic nitrogens is 2. The van der Waals surface area contributed by atoms with Crippen molar-refractivity contribution in [2.45, 2.75) is 32.7 Å². The predicted octanol–water partition coefficient (Wildman–Crippen LogP) is 1.91. The highest BCUT2D eigenvalue weighted by Gasteiger charge is 2.15. The van der Waals surface area contributed by atoms with Crippen molar-refractivity contribution in [2.24, 2.45) is 12.0 Å². The Hall–Kier alpha value is -2.83. The van der Waals surface area contributed by atoms with E-state index in [2.05, 4.69) is 46.7 Å². The fourth-order valence-electron chi connectivity index (χ4n) is 3.09. The summed E-state index contributed by atoms with van der Waals surface area (Å²) in [5.41, 5.74) is 3.46. The van der Waals surface area contributed by atoms with Gasteiger partial charge in [-0.2, -0.15) is 5.10 Å². The third-order valence-electron chi connectivity index (χ3n) is 4.45. The minimum absolute atomic E-state index is 0.0465. The van der Waals surface area contributed by atoms with Crippen LogP contribution in [0.25, 0.3) is 0 Å². The molecule has 152 valence electrons. The van der Waals surface area contributed by atoms with Gasteiger partial charge in [0.05, 0.1) is 12.2 Å². The number of nitrogens with one attached hydrogen (secondary N) is 2. The van der Waals surface area contributed by atoms with Gasteiger partial charge in [0.25, 0.3) is 0 Å². The van der Waals surface area contributed by atoms with Crippen LogP contribution in [0.3, 0.4) is 0 Å². The first-order chi connectivity index (χ1) is 13.4. The van der Waals surface area contributed by atoms with Crippen LogP contribution in [-0.2, 0) is 24.8 Å². The number of guanidine groups is 1. The Morgan fingerprint density at radius 2 is 1.96 bits per heavy atom. The van der Waals surface area contributed by atoms with Gasteiger partial charge in [0.15, 0.2) is 5.96 Å². The lowest BCUT2D eigenvalue weighted by molar-refractivity contribution is -0.120. The molecule has 0 spiro atoms. The van der Waals surface area contributed by atoms with Crippen LogP contribution in [0.2, 0.25) is 0 Å². The van der Waals surface area contributed by atoms with E-state index in [1.54, 1.807) is 7.05 Å². The van der Waals surface area contributed by atoms with Crippen molar-refractivity contribution < 1.29 is 4.79 Å². The molecule has 0 saturated carbocycles. The summed E-state index contributed by atoms with van der Waals surface area (Å²) in [5.74, 6) is 0.987. The number of nitrogens with zero attached hydrogens (tertiary/aromatic N) is 4. The summed E-state index contributed by atoms with van der Waals surface area (Å²) in [7, 11) is 5.61. The molecule has 0 aliphatic rings. The second kappa shape index (κ2) is 10.5. The molecule has 1 heterocycles. The molecule has 2 rings (SSSR count). The van der Waals surface area contributed by atoms with E-state index >= 15 is 0 Å². The number of aliphatic imine (C=N–C) groups is 1. The van der Waals surface area contributed by atoms with Crippen LogP contribution in [0.1, 0.15) is 36.6 Å². The second-order valence-corrected chi connectivity index (χ2v) is 7.21. The standard InChI is InChI=1S/C21H32N6O/c1-16(2)20-18(15-27(5)25-20)14-26(4)21(22-3)24-13-19(28)23-12-11-17-9-7-6-8-10-17/h6-10,15-16H,11-14H2,1-5H3,(H,22,24)(H,23,28). The summed E-state index contributed by atoms with van der Waals surface area (Å²) in [5, 5.41) is 10.6. The number of hydrogen-bond donors (Lipinski definition) is 2. The molecule has 0 radical (unpaired) electrons. The van der Waals surface area contributed by atoms with Crippen LogP contribution < -0.4 is 10.6 Å². The normalized spacial score (nSPS) is 11.6. The summed E-state index contributed by atoms with van der Waals surface area (Å²) in [6.07, 6.45) is 2.86. The number of hydrogen-bond acceptors (Lipinski definition) is 3. The van der Waals surface area contributed by atoms with Crippen LogP contribution in [0.5, 0.6) is 0 Å². The minimum Gasteiger partial charge on any atom is -0.354 e. The molecule has 0 aliphatic carbocycles. The topological polar surface area (TPSA) is 74.6 Å². The third kappa shape index (κ3) is 6.40. The maximum absolute atomic E-state index is 12.1. The SMILES string of the molecule is CN=C(NCC(=O)NCCc1ccccc1)N(C)Cc1cn(C)nc1C(C)C. The van der Waals surface area contributed by atoms with Crippen LogP contribution in [0.15, 0.2) is 41.5 Å². The molecule has 7 nitrogen and oxygen atoms in total. The van der Waals surface area contributed by atoms with Gasteiger partial charge in [0.1, 0.15) is 0 Å². The van der Waals surface area contributed by atoms with Gasteiger partial charge in [-0.1, -0.05) is 44.2 Å². The van der Waals surface area contributed by atoms with E-state index in [0.29, 0.717) is 25.0 Å². The average Bonchev–Trinajstić information content (AvgIpc) is 3.03. The zero-order valence-corrected chi connectivity index (χ0v) is 17.6. The first-order valence-corrected chi connectivity index (χ1v) is 9.65. The molecule has 0 unspecified atom stereocenters. The maximum Gasteiger partial charge on any atom is 0.239 e. The summed E-state index contributed by atoms with van der Waals surface area (Å²) < 4.78 is 1.84. The molecule has 1 amide bonds. The lowest BCUT2D eigenvalue weighted by atomic mass is 10.1. The van der Waals surface area contributed by atoms with Crippen molar-refractivity contribution in [3.05, 3.63) is 53.3 Å². The largest absolute Gasteiger partial charge is 0.354 e. The van der Waals surface area contributed by atoms with Crippen LogP contribution in [0.4, 0.5) is 0 Å². The number of rotatable bonds is 8.